The third-order valence-electron chi connectivity index (χ3n) is 4.67. The fourth-order valence-electron chi connectivity index (χ4n) is 3.28. The maximum atomic E-state index is 12.6. The Labute approximate surface area is 156 Å². The number of aromatic nitrogens is 2. The summed E-state index contributed by atoms with van der Waals surface area (Å²) in [5.41, 5.74) is 1.06. The van der Waals surface area contributed by atoms with Gasteiger partial charge in [-0.3, -0.25) is 19.4 Å². The highest BCUT2D eigenvalue weighted by Crippen LogP contribution is 2.23. The molecule has 1 aliphatic heterocycles. The molecule has 1 aliphatic rings. The van der Waals surface area contributed by atoms with Crippen LogP contribution in [0.25, 0.3) is 0 Å². The van der Waals surface area contributed by atoms with E-state index in [1.807, 2.05) is 18.3 Å². The Bertz CT molecular complexity index is 866. The molecule has 3 heterocycles. The van der Waals surface area contributed by atoms with Crippen molar-refractivity contribution in [2.75, 3.05) is 23.3 Å². The minimum atomic E-state index is -1.11. The van der Waals surface area contributed by atoms with E-state index in [0.29, 0.717) is 5.69 Å². The van der Waals surface area contributed by atoms with Crippen molar-refractivity contribution in [2.45, 2.75) is 25.8 Å². The average molecular weight is 370 g/mol. The fourth-order valence-corrected chi connectivity index (χ4v) is 3.28. The van der Waals surface area contributed by atoms with Gasteiger partial charge in [-0.2, -0.15) is 0 Å². The van der Waals surface area contributed by atoms with Crippen molar-refractivity contribution >= 4 is 23.3 Å². The van der Waals surface area contributed by atoms with Crippen LogP contribution in [0.15, 0.2) is 47.7 Å². The smallest absolute Gasteiger partial charge is 0.323 e. The monoisotopic (exact) mass is 370 g/mol. The molecule has 2 aromatic rings. The van der Waals surface area contributed by atoms with E-state index in [9.17, 15) is 14.4 Å². The van der Waals surface area contributed by atoms with E-state index in [2.05, 4.69) is 15.2 Å². The van der Waals surface area contributed by atoms with Gasteiger partial charge < -0.3 is 19.9 Å². The lowest BCUT2D eigenvalue weighted by Crippen LogP contribution is -2.28. The van der Waals surface area contributed by atoms with Crippen molar-refractivity contribution in [3.8, 4) is 0 Å². The lowest BCUT2D eigenvalue weighted by Gasteiger charge is -2.22. The molecule has 1 amide bonds. The van der Waals surface area contributed by atoms with Crippen LogP contribution in [0.5, 0.6) is 0 Å². The second-order valence-electron chi connectivity index (χ2n) is 6.59. The number of pyridine rings is 2. The second-order valence-corrected chi connectivity index (χ2v) is 6.59. The molecule has 0 bridgehead atoms. The summed E-state index contributed by atoms with van der Waals surface area (Å²) in [6, 6.07) is 6.67. The number of amides is 1. The number of rotatable bonds is 5. The molecular formula is C19H22N4O4. The molecule has 8 heteroatoms. The molecule has 3 rings (SSSR count). The van der Waals surface area contributed by atoms with Gasteiger partial charge in [-0.1, -0.05) is 0 Å². The van der Waals surface area contributed by atoms with Crippen LogP contribution in [0.1, 0.15) is 19.3 Å². The maximum Gasteiger partial charge on any atom is 0.323 e. The van der Waals surface area contributed by atoms with Gasteiger partial charge in [0.15, 0.2) is 0 Å². The van der Waals surface area contributed by atoms with E-state index in [4.69, 9.17) is 5.11 Å². The molecule has 0 aromatic carbocycles. The summed E-state index contributed by atoms with van der Waals surface area (Å²) in [5, 5.41) is 11.7. The minimum absolute atomic E-state index is 0.108. The number of hydrogen-bond acceptors (Lipinski definition) is 5. The van der Waals surface area contributed by atoms with Crippen molar-refractivity contribution < 1.29 is 14.7 Å². The number of carboxylic acid groups (broad SMARTS) is 1. The topological polar surface area (TPSA) is 105 Å². The molecule has 0 aliphatic carbocycles. The molecule has 8 nitrogen and oxygen atoms in total. The first kappa shape index (κ1) is 18.6. The number of aliphatic carboxylic acids is 1. The summed E-state index contributed by atoms with van der Waals surface area (Å²) in [6.07, 6.45) is 7.32. The minimum Gasteiger partial charge on any atom is -0.480 e. The van der Waals surface area contributed by atoms with Gasteiger partial charge in [-0.25, -0.2) is 0 Å². The normalized spacial score (nSPS) is 17.2. The highest BCUT2D eigenvalue weighted by molar-refractivity contribution is 5.92. The SMILES string of the molecule is O=C(O)Cn1cc(NC(=O)[C@H]2CCCN(c3cccnc3)CC2)ccc1=O. The number of nitrogens with one attached hydrogen (secondary N) is 1. The van der Waals surface area contributed by atoms with Gasteiger partial charge in [-0.15, -0.1) is 0 Å². The molecule has 0 spiro atoms. The quantitative estimate of drug-likeness (QED) is 0.828. The Hall–Kier alpha value is -3.16. The summed E-state index contributed by atoms with van der Waals surface area (Å²) in [7, 11) is 0. The Kier molecular flexibility index (Phi) is 5.85. The Balaban J connectivity index is 1.63. The number of nitrogens with zero attached hydrogens (tertiary/aromatic N) is 3. The average Bonchev–Trinajstić information content (AvgIpc) is 2.91. The molecule has 1 atom stereocenters. The van der Waals surface area contributed by atoms with E-state index < -0.39 is 18.1 Å². The zero-order valence-electron chi connectivity index (χ0n) is 14.9. The Morgan fingerprint density at radius 1 is 1.22 bits per heavy atom. The fraction of sp³-hybridized carbons (Fsp3) is 0.368. The predicted molar refractivity (Wildman–Crippen MR) is 101 cm³/mol. The molecule has 2 N–H and O–H groups in total. The summed E-state index contributed by atoms with van der Waals surface area (Å²) in [4.78, 5) is 41.5. The van der Waals surface area contributed by atoms with Gasteiger partial charge in [0.2, 0.25) is 5.91 Å². The number of carboxylic acids is 1. The third-order valence-corrected chi connectivity index (χ3v) is 4.67. The van der Waals surface area contributed by atoms with Crippen LogP contribution < -0.4 is 15.8 Å². The third kappa shape index (κ3) is 4.93. The van der Waals surface area contributed by atoms with Crippen molar-refractivity contribution in [1.29, 1.82) is 0 Å². The largest absolute Gasteiger partial charge is 0.480 e. The summed E-state index contributed by atoms with van der Waals surface area (Å²) in [5.74, 6) is -1.35. The molecular weight excluding hydrogens is 348 g/mol. The zero-order valence-corrected chi connectivity index (χ0v) is 14.9. The molecule has 0 radical (unpaired) electrons. The van der Waals surface area contributed by atoms with Gasteiger partial charge in [0.1, 0.15) is 6.54 Å². The van der Waals surface area contributed by atoms with E-state index in [-0.39, 0.29) is 11.8 Å². The molecule has 27 heavy (non-hydrogen) atoms. The molecule has 2 aromatic heterocycles. The highest BCUT2D eigenvalue weighted by atomic mass is 16.4. The van der Waals surface area contributed by atoms with Crippen LogP contribution in [-0.2, 0) is 16.1 Å². The van der Waals surface area contributed by atoms with Gasteiger partial charge in [0, 0.05) is 37.5 Å². The van der Waals surface area contributed by atoms with Crippen molar-refractivity contribution in [1.82, 2.24) is 9.55 Å². The van der Waals surface area contributed by atoms with Crippen molar-refractivity contribution in [3.63, 3.8) is 0 Å². The number of hydrogen-bond donors (Lipinski definition) is 2. The van der Waals surface area contributed by atoms with E-state index in [0.717, 1.165) is 42.6 Å². The number of carbonyl (C=O) groups excluding carboxylic acids is 1. The first-order valence-electron chi connectivity index (χ1n) is 8.91. The number of anilines is 2. The van der Waals surface area contributed by atoms with E-state index in [1.165, 1.54) is 18.3 Å². The van der Waals surface area contributed by atoms with E-state index >= 15 is 0 Å². The van der Waals surface area contributed by atoms with Gasteiger partial charge in [-0.05, 0) is 37.5 Å². The zero-order chi connectivity index (χ0) is 19.2. The van der Waals surface area contributed by atoms with Gasteiger partial charge >= 0.3 is 5.97 Å². The molecule has 142 valence electrons. The van der Waals surface area contributed by atoms with Gasteiger partial charge in [0.05, 0.1) is 17.6 Å². The van der Waals surface area contributed by atoms with Crippen LogP contribution in [-0.4, -0.2) is 39.6 Å². The predicted octanol–water partition coefficient (Wildman–Crippen LogP) is 1.57. The first-order valence-corrected chi connectivity index (χ1v) is 8.91. The molecule has 0 saturated carbocycles. The highest BCUT2D eigenvalue weighted by Gasteiger charge is 2.23. The van der Waals surface area contributed by atoms with Crippen LogP contribution in [0, 0.1) is 5.92 Å². The first-order chi connectivity index (χ1) is 13.0. The van der Waals surface area contributed by atoms with Crippen molar-refractivity contribution in [2.24, 2.45) is 5.92 Å². The van der Waals surface area contributed by atoms with Gasteiger partial charge in [0.25, 0.3) is 5.56 Å². The lowest BCUT2D eigenvalue weighted by atomic mass is 10.00. The molecule has 0 unspecified atom stereocenters. The Morgan fingerprint density at radius 2 is 2.07 bits per heavy atom. The maximum absolute atomic E-state index is 12.6. The molecule has 1 fully saturated rings. The van der Waals surface area contributed by atoms with E-state index in [1.54, 1.807) is 6.20 Å². The lowest BCUT2D eigenvalue weighted by molar-refractivity contribution is -0.137. The van der Waals surface area contributed by atoms with Crippen LogP contribution in [0.3, 0.4) is 0 Å². The van der Waals surface area contributed by atoms with Crippen LogP contribution in [0.4, 0.5) is 11.4 Å². The number of carbonyl (C=O) groups is 2. The second kappa shape index (κ2) is 8.48. The van der Waals surface area contributed by atoms with Crippen molar-refractivity contribution in [3.05, 3.63) is 53.2 Å². The standard InChI is InChI=1S/C19H22N4O4/c24-17-6-5-15(12-23(17)13-18(25)26)21-19(27)14-3-2-9-22(10-7-14)16-4-1-8-20-11-16/h1,4-6,8,11-12,14H,2-3,7,9-10,13H2,(H,21,27)(H,25,26)/t14-/m0/s1. The molecule has 1 saturated heterocycles. The van der Waals surface area contributed by atoms with Crippen LogP contribution in [0.2, 0.25) is 0 Å². The summed E-state index contributed by atoms with van der Waals surface area (Å²) < 4.78 is 1.06. The van der Waals surface area contributed by atoms with Crippen LogP contribution >= 0.6 is 0 Å². The Morgan fingerprint density at radius 3 is 2.81 bits per heavy atom. The summed E-state index contributed by atoms with van der Waals surface area (Å²) >= 11 is 0. The summed E-state index contributed by atoms with van der Waals surface area (Å²) in [6.45, 7) is 1.20.